The number of carbonyl (C=O) groups excluding carboxylic acids is 1. The average Bonchev–Trinajstić information content (AvgIpc) is 2.48. The van der Waals surface area contributed by atoms with Crippen molar-refractivity contribution in [3.63, 3.8) is 0 Å². The van der Waals surface area contributed by atoms with Gasteiger partial charge in [0, 0.05) is 32.7 Å². The van der Waals surface area contributed by atoms with Crippen LogP contribution in [0.25, 0.3) is 0 Å². The van der Waals surface area contributed by atoms with Crippen molar-refractivity contribution < 1.29 is 9.53 Å². The Morgan fingerprint density at radius 2 is 2.00 bits per heavy atom. The fourth-order valence-electron chi connectivity index (χ4n) is 2.29. The Balaban J connectivity index is 1.93. The summed E-state index contributed by atoms with van der Waals surface area (Å²) in [7, 11) is 1.83. The first-order chi connectivity index (χ1) is 9.20. The molecule has 100 valence electrons. The number of nitrogens with zero attached hydrogens (tertiary/aromatic N) is 2. The minimum Gasteiger partial charge on any atom is -0.381 e. The molecule has 1 aliphatic heterocycles. The Morgan fingerprint density at radius 3 is 2.58 bits per heavy atom. The van der Waals surface area contributed by atoms with Crippen LogP contribution in [0.1, 0.15) is 24.0 Å². The number of nitriles is 1. The third kappa shape index (κ3) is 3.55. The quantitative estimate of drug-likeness (QED) is 0.832. The van der Waals surface area contributed by atoms with Crippen molar-refractivity contribution >= 4 is 5.91 Å². The Bertz CT molecular complexity index is 470. The van der Waals surface area contributed by atoms with Crippen molar-refractivity contribution in [3.05, 3.63) is 35.4 Å². The molecule has 1 fully saturated rings. The highest BCUT2D eigenvalue weighted by Crippen LogP contribution is 2.18. The van der Waals surface area contributed by atoms with E-state index < -0.39 is 0 Å². The highest BCUT2D eigenvalue weighted by atomic mass is 16.5. The molecular weight excluding hydrogens is 240 g/mol. The molecule has 0 bridgehead atoms. The minimum atomic E-state index is 0.0946. The largest absolute Gasteiger partial charge is 0.381 e. The number of hydrogen-bond acceptors (Lipinski definition) is 3. The Labute approximate surface area is 113 Å². The van der Waals surface area contributed by atoms with Crippen LogP contribution in [0.3, 0.4) is 0 Å². The number of amides is 1. The van der Waals surface area contributed by atoms with E-state index >= 15 is 0 Å². The molecule has 0 aromatic heterocycles. The van der Waals surface area contributed by atoms with Gasteiger partial charge in [-0.05, 0) is 30.5 Å². The number of benzene rings is 1. The zero-order valence-corrected chi connectivity index (χ0v) is 11.1. The molecule has 0 radical (unpaired) electrons. The third-order valence-corrected chi connectivity index (χ3v) is 3.45. The SMILES string of the molecule is CN(Cc1ccc(C#N)cc1)C(=O)C1CCOCC1. The highest BCUT2D eigenvalue weighted by molar-refractivity contribution is 5.78. The molecule has 0 aliphatic carbocycles. The third-order valence-electron chi connectivity index (χ3n) is 3.45. The van der Waals surface area contributed by atoms with Crippen LogP contribution < -0.4 is 0 Å². The second-order valence-electron chi connectivity index (χ2n) is 4.89. The Kier molecular flexibility index (Phi) is 4.53. The van der Waals surface area contributed by atoms with E-state index in [1.807, 2.05) is 19.2 Å². The molecule has 1 saturated heterocycles. The lowest BCUT2D eigenvalue weighted by Crippen LogP contribution is -2.35. The zero-order chi connectivity index (χ0) is 13.7. The van der Waals surface area contributed by atoms with Crippen molar-refractivity contribution in [2.45, 2.75) is 19.4 Å². The van der Waals surface area contributed by atoms with Gasteiger partial charge in [0.05, 0.1) is 11.6 Å². The monoisotopic (exact) mass is 258 g/mol. The Morgan fingerprint density at radius 1 is 1.37 bits per heavy atom. The molecule has 1 aromatic rings. The van der Waals surface area contributed by atoms with Gasteiger partial charge >= 0.3 is 0 Å². The van der Waals surface area contributed by atoms with Gasteiger partial charge in [0.2, 0.25) is 5.91 Å². The van der Waals surface area contributed by atoms with Gasteiger partial charge in [-0.1, -0.05) is 12.1 Å². The standard InChI is InChI=1S/C15H18N2O2/c1-17(15(18)14-6-8-19-9-7-14)11-13-4-2-12(10-16)3-5-13/h2-5,14H,6-9,11H2,1H3. The lowest BCUT2D eigenvalue weighted by molar-refractivity contribution is -0.137. The molecular formula is C15H18N2O2. The van der Waals surface area contributed by atoms with Crippen molar-refractivity contribution in [1.29, 1.82) is 5.26 Å². The average molecular weight is 258 g/mol. The van der Waals surface area contributed by atoms with Crippen molar-refractivity contribution in [2.24, 2.45) is 5.92 Å². The summed E-state index contributed by atoms with van der Waals surface area (Å²) in [6.45, 7) is 1.95. The number of carbonyl (C=O) groups is 1. The van der Waals surface area contributed by atoms with Crippen LogP contribution in [-0.2, 0) is 16.1 Å². The molecule has 1 aromatic carbocycles. The van der Waals surface area contributed by atoms with E-state index in [-0.39, 0.29) is 11.8 Å². The molecule has 4 heteroatoms. The number of rotatable bonds is 3. The van der Waals surface area contributed by atoms with Gasteiger partial charge in [-0.15, -0.1) is 0 Å². The first-order valence-electron chi connectivity index (χ1n) is 6.52. The lowest BCUT2D eigenvalue weighted by atomic mass is 9.98. The summed E-state index contributed by atoms with van der Waals surface area (Å²) in [4.78, 5) is 14.0. The second-order valence-corrected chi connectivity index (χ2v) is 4.89. The summed E-state index contributed by atoms with van der Waals surface area (Å²) in [5, 5.41) is 8.74. The summed E-state index contributed by atoms with van der Waals surface area (Å²) < 4.78 is 5.27. The summed E-state index contributed by atoms with van der Waals surface area (Å²) in [5.41, 5.74) is 1.68. The molecule has 0 spiro atoms. The van der Waals surface area contributed by atoms with Crippen LogP contribution in [-0.4, -0.2) is 31.1 Å². The molecule has 2 rings (SSSR count). The van der Waals surface area contributed by atoms with Crippen LogP contribution in [0.5, 0.6) is 0 Å². The molecule has 0 saturated carbocycles. The molecule has 1 heterocycles. The van der Waals surface area contributed by atoms with Crippen LogP contribution >= 0.6 is 0 Å². The fourth-order valence-corrected chi connectivity index (χ4v) is 2.29. The van der Waals surface area contributed by atoms with Crippen molar-refractivity contribution in [1.82, 2.24) is 4.90 Å². The van der Waals surface area contributed by atoms with E-state index in [1.165, 1.54) is 0 Å². The minimum absolute atomic E-state index is 0.0946. The second kappa shape index (κ2) is 6.35. The Hall–Kier alpha value is -1.86. The first kappa shape index (κ1) is 13.6. The number of ether oxygens (including phenoxy) is 1. The van der Waals surface area contributed by atoms with Gasteiger partial charge in [0.1, 0.15) is 0 Å². The number of hydrogen-bond donors (Lipinski definition) is 0. The van der Waals surface area contributed by atoms with Gasteiger partial charge in [-0.3, -0.25) is 4.79 Å². The maximum atomic E-state index is 12.2. The van der Waals surface area contributed by atoms with Gasteiger partial charge in [0.15, 0.2) is 0 Å². The van der Waals surface area contributed by atoms with E-state index in [0.29, 0.717) is 25.3 Å². The predicted octanol–water partition coefficient (Wildman–Crippen LogP) is 1.94. The van der Waals surface area contributed by atoms with Crippen LogP contribution in [0.4, 0.5) is 0 Å². The van der Waals surface area contributed by atoms with E-state index in [0.717, 1.165) is 18.4 Å². The molecule has 0 atom stereocenters. The van der Waals surface area contributed by atoms with Crippen molar-refractivity contribution in [3.8, 4) is 6.07 Å². The molecule has 1 amide bonds. The normalized spacial score (nSPS) is 15.8. The van der Waals surface area contributed by atoms with Crippen LogP contribution in [0.15, 0.2) is 24.3 Å². The topological polar surface area (TPSA) is 53.3 Å². The summed E-state index contributed by atoms with van der Waals surface area (Å²) in [6, 6.07) is 9.44. The summed E-state index contributed by atoms with van der Waals surface area (Å²) in [6.07, 6.45) is 1.63. The molecule has 0 unspecified atom stereocenters. The fraction of sp³-hybridized carbons (Fsp3) is 0.467. The molecule has 0 N–H and O–H groups in total. The summed E-state index contributed by atoms with van der Waals surface area (Å²) >= 11 is 0. The molecule has 1 aliphatic rings. The van der Waals surface area contributed by atoms with Gasteiger partial charge in [-0.25, -0.2) is 0 Å². The summed E-state index contributed by atoms with van der Waals surface area (Å²) in [5.74, 6) is 0.282. The van der Waals surface area contributed by atoms with E-state index in [2.05, 4.69) is 6.07 Å². The van der Waals surface area contributed by atoms with Crippen LogP contribution in [0, 0.1) is 17.2 Å². The van der Waals surface area contributed by atoms with Gasteiger partial charge < -0.3 is 9.64 Å². The maximum absolute atomic E-state index is 12.2. The maximum Gasteiger partial charge on any atom is 0.225 e. The predicted molar refractivity (Wildman–Crippen MR) is 71.2 cm³/mol. The molecule has 19 heavy (non-hydrogen) atoms. The van der Waals surface area contributed by atoms with Gasteiger partial charge in [-0.2, -0.15) is 5.26 Å². The van der Waals surface area contributed by atoms with Gasteiger partial charge in [0.25, 0.3) is 0 Å². The van der Waals surface area contributed by atoms with E-state index in [1.54, 1.807) is 17.0 Å². The molecule has 4 nitrogen and oxygen atoms in total. The first-order valence-corrected chi connectivity index (χ1v) is 6.52. The van der Waals surface area contributed by atoms with E-state index in [9.17, 15) is 4.79 Å². The highest BCUT2D eigenvalue weighted by Gasteiger charge is 2.24. The zero-order valence-electron chi connectivity index (χ0n) is 11.1. The van der Waals surface area contributed by atoms with E-state index in [4.69, 9.17) is 10.00 Å². The van der Waals surface area contributed by atoms with Crippen molar-refractivity contribution in [2.75, 3.05) is 20.3 Å². The smallest absolute Gasteiger partial charge is 0.225 e. The van der Waals surface area contributed by atoms with Crippen LogP contribution in [0.2, 0.25) is 0 Å². The lowest BCUT2D eigenvalue weighted by Gasteiger charge is -2.26.